The highest BCUT2D eigenvalue weighted by Gasteiger charge is 2.35. The number of piperazine rings is 1. The molecular formula is C16H24ClF3N2. The third-order valence-corrected chi connectivity index (χ3v) is 3.87. The Hall–Kier alpha value is -0.780. The Balaban J connectivity index is 0.00000242. The van der Waals surface area contributed by atoms with Crippen LogP contribution in [0.4, 0.5) is 13.2 Å². The van der Waals surface area contributed by atoms with Crippen LogP contribution in [0, 0.1) is 5.41 Å². The molecule has 2 nitrogen and oxygen atoms in total. The molecule has 0 spiro atoms. The van der Waals surface area contributed by atoms with E-state index >= 15 is 0 Å². The molecule has 1 saturated heterocycles. The van der Waals surface area contributed by atoms with Crippen LogP contribution in [-0.2, 0) is 6.18 Å². The van der Waals surface area contributed by atoms with Crippen LogP contribution in [0.2, 0.25) is 0 Å². The van der Waals surface area contributed by atoms with Gasteiger partial charge in [-0.25, -0.2) is 0 Å². The zero-order valence-electron chi connectivity index (χ0n) is 13.2. The summed E-state index contributed by atoms with van der Waals surface area (Å²) in [5.74, 6) is 0. The van der Waals surface area contributed by atoms with Gasteiger partial charge in [-0.15, -0.1) is 12.4 Å². The summed E-state index contributed by atoms with van der Waals surface area (Å²) in [7, 11) is 0. The van der Waals surface area contributed by atoms with Gasteiger partial charge in [0, 0.05) is 32.2 Å². The number of benzene rings is 1. The van der Waals surface area contributed by atoms with Crippen molar-refractivity contribution >= 4 is 12.4 Å². The molecule has 0 amide bonds. The summed E-state index contributed by atoms with van der Waals surface area (Å²) < 4.78 is 38.8. The van der Waals surface area contributed by atoms with E-state index in [1.165, 1.54) is 12.1 Å². The predicted molar refractivity (Wildman–Crippen MR) is 85.3 cm³/mol. The predicted octanol–water partition coefficient (Wildman–Crippen LogP) is 4.12. The third kappa shape index (κ3) is 4.61. The van der Waals surface area contributed by atoms with Crippen LogP contribution in [0.5, 0.6) is 0 Å². The second-order valence-corrected chi connectivity index (χ2v) is 6.68. The monoisotopic (exact) mass is 336 g/mol. The Morgan fingerprint density at radius 2 is 1.68 bits per heavy atom. The number of halogens is 4. The number of alkyl halides is 3. The Labute approximate surface area is 136 Å². The molecule has 1 fully saturated rings. The highest BCUT2D eigenvalue weighted by molar-refractivity contribution is 5.85. The fourth-order valence-corrected chi connectivity index (χ4v) is 3.08. The Morgan fingerprint density at radius 3 is 2.18 bits per heavy atom. The molecule has 2 rings (SSSR count). The Kier molecular flexibility index (Phi) is 6.30. The molecule has 1 N–H and O–H groups in total. The lowest BCUT2D eigenvalue weighted by molar-refractivity contribution is -0.137. The van der Waals surface area contributed by atoms with Crippen LogP contribution in [0.15, 0.2) is 24.3 Å². The normalized spacial score (nSPS) is 18.6. The average Bonchev–Trinajstić information content (AvgIpc) is 2.38. The molecule has 1 aliphatic heterocycles. The quantitative estimate of drug-likeness (QED) is 0.874. The van der Waals surface area contributed by atoms with Gasteiger partial charge in [0.05, 0.1) is 5.56 Å². The first-order valence-corrected chi connectivity index (χ1v) is 7.31. The van der Waals surface area contributed by atoms with E-state index in [0.717, 1.165) is 37.8 Å². The van der Waals surface area contributed by atoms with E-state index in [1.807, 2.05) is 6.07 Å². The topological polar surface area (TPSA) is 15.3 Å². The molecule has 1 heterocycles. The summed E-state index contributed by atoms with van der Waals surface area (Å²) in [4.78, 5) is 2.28. The van der Waals surface area contributed by atoms with Crippen LogP contribution in [0.1, 0.15) is 37.9 Å². The molecule has 6 heteroatoms. The van der Waals surface area contributed by atoms with Crippen molar-refractivity contribution in [1.82, 2.24) is 10.2 Å². The maximum Gasteiger partial charge on any atom is 0.416 e. The van der Waals surface area contributed by atoms with E-state index in [9.17, 15) is 13.2 Å². The molecule has 0 aromatic heterocycles. The molecule has 1 aliphatic rings. The van der Waals surface area contributed by atoms with Gasteiger partial charge in [-0.1, -0.05) is 32.9 Å². The Morgan fingerprint density at radius 1 is 1.09 bits per heavy atom. The lowest BCUT2D eigenvalue weighted by atomic mass is 9.80. The summed E-state index contributed by atoms with van der Waals surface area (Å²) >= 11 is 0. The van der Waals surface area contributed by atoms with Gasteiger partial charge in [0.15, 0.2) is 0 Å². The highest BCUT2D eigenvalue weighted by Crippen LogP contribution is 2.40. The van der Waals surface area contributed by atoms with Crippen molar-refractivity contribution in [3.8, 4) is 0 Å². The zero-order valence-corrected chi connectivity index (χ0v) is 14.0. The SMILES string of the molecule is CC(C)(C)[C@@H](c1cccc(C(F)(F)F)c1)N1CCNCC1.Cl. The third-order valence-electron chi connectivity index (χ3n) is 3.87. The molecule has 0 radical (unpaired) electrons. The van der Waals surface area contributed by atoms with Crippen LogP contribution in [0.3, 0.4) is 0 Å². The molecular weight excluding hydrogens is 313 g/mol. The summed E-state index contributed by atoms with van der Waals surface area (Å²) in [6.45, 7) is 9.73. The van der Waals surface area contributed by atoms with Crippen molar-refractivity contribution in [1.29, 1.82) is 0 Å². The second-order valence-electron chi connectivity index (χ2n) is 6.68. The summed E-state index contributed by atoms with van der Waals surface area (Å²) in [5.41, 5.74) is 0.0604. The minimum absolute atomic E-state index is 0. The molecule has 0 aliphatic carbocycles. The van der Waals surface area contributed by atoms with Crippen LogP contribution < -0.4 is 5.32 Å². The van der Waals surface area contributed by atoms with Gasteiger partial charge in [0.2, 0.25) is 0 Å². The zero-order chi connectivity index (χ0) is 15.7. The van der Waals surface area contributed by atoms with Gasteiger partial charge in [-0.2, -0.15) is 13.2 Å². The van der Waals surface area contributed by atoms with Gasteiger partial charge in [0.1, 0.15) is 0 Å². The number of nitrogens with one attached hydrogen (secondary N) is 1. The van der Waals surface area contributed by atoms with Crippen molar-refractivity contribution in [3.63, 3.8) is 0 Å². The minimum atomic E-state index is -4.29. The van der Waals surface area contributed by atoms with Gasteiger partial charge >= 0.3 is 6.18 Å². The molecule has 1 aromatic carbocycles. The lowest BCUT2D eigenvalue weighted by Crippen LogP contribution is -2.48. The van der Waals surface area contributed by atoms with Crippen molar-refractivity contribution < 1.29 is 13.2 Å². The fraction of sp³-hybridized carbons (Fsp3) is 0.625. The summed E-state index contributed by atoms with van der Waals surface area (Å²) in [5, 5.41) is 3.29. The van der Waals surface area contributed by atoms with Crippen LogP contribution in [0.25, 0.3) is 0 Å². The van der Waals surface area contributed by atoms with Gasteiger partial charge in [0.25, 0.3) is 0 Å². The molecule has 22 heavy (non-hydrogen) atoms. The number of nitrogens with zero attached hydrogens (tertiary/aromatic N) is 1. The van der Waals surface area contributed by atoms with Gasteiger partial charge in [-0.3, -0.25) is 4.90 Å². The van der Waals surface area contributed by atoms with Gasteiger partial charge in [-0.05, 0) is 23.1 Å². The first-order chi connectivity index (χ1) is 9.69. The minimum Gasteiger partial charge on any atom is -0.314 e. The number of rotatable bonds is 2. The van der Waals surface area contributed by atoms with Crippen LogP contribution >= 0.6 is 12.4 Å². The fourth-order valence-electron chi connectivity index (χ4n) is 3.08. The first-order valence-electron chi connectivity index (χ1n) is 7.31. The maximum atomic E-state index is 12.9. The van der Waals surface area contributed by atoms with E-state index in [0.29, 0.717) is 0 Å². The van der Waals surface area contributed by atoms with Crippen molar-refractivity contribution in [3.05, 3.63) is 35.4 Å². The van der Waals surface area contributed by atoms with E-state index in [-0.39, 0.29) is 23.9 Å². The van der Waals surface area contributed by atoms with Crippen molar-refractivity contribution in [2.24, 2.45) is 5.41 Å². The second kappa shape index (κ2) is 7.20. The Bertz CT molecular complexity index is 477. The van der Waals surface area contributed by atoms with E-state index in [1.54, 1.807) is 0 Å². The molecule has 1 aromatic rings. The summed E-state index contributed by atoms with van der Waals surface area (Å²) in [6.07, 6.45) is -4.29. The van der Waals surface area contributed by atoms with E-state index in [2.05, 4.69) is 31.0 Å². The van der Waals surface area contributed by atoms with E-state index < -0.39 is 11.7 Å². The first kappa shape index (κ1) is 19.3. The van der Waals surface area contributed by atoms with E-state index in [4.69, 9.17) is 0 Å². The molecule has 0 bridgehead atoms. The largest absolute Gasteiger partial charge is 0.416 e. The molecule has 0 saturated carbocycles. The molecule has 1 atom stereocenters. The average molecular weight is 337 g/mol. The standard InChI is InChI=1S/C16H23F3N2.ClH/c1-15(2,3)14(21-9-7-20-8-10-21)12-5-4-6-13(11-12)16(17,18)19;/h4-6,11,14,20H,7-10H2,1-3H3;1H/t14-;/m1./s1. The van der Waals surface area contributed by atoms with Crippen LogP contribution in [-0.4, -0.2) is 31.1 Å². The smallest absolute Gasteiger partial charge is 0.314 e. The highest BCUT2D eigenvalue weighted by atomic mass is 35.5. The maximum absolute atomic E-state index is 12.9. The molecule has 0 unspecified atom stereocenters. The number of hydrogen-bond donors (Lipinski definition) is 1. The number of hydrogen-bond acceptors (Lipinski definition) is 2. The lowest BCUT2D eigenvalue weighted by Gasteiger charge is -2.42. The molecule has 126 valence electrons. The van der Waals surface area contributed by atoms with Crippen molar-refractivity contribution in [2.45, 2.75) is 33.0 Å². The summed E-state index contributed by atoms with van der Waals surface area (Å²) in [6, 6.07) is 5.76. The van der Waals surface area contributed by atoms with Gasteiger partial charge < -0.3 is 5.32 Å². The van der Waals surface area contributed by atoms with Crippen molar-refractivity contribution in [2.75, 3.05) is 26.2 Å².